The fourth-order valence-corrected chi connectivity index (χ4v) is 3.61. The van der Waals surface area contributed by atoms with Crippen molar-refractivity contribution in [1.82, 2.24) is 4.57 Å². The predicted octanol–water partition coefficient (Wildman–Crippen LogP) is 2.37. The highest BCUT2D eigenvalue weighted by molar-refractivity contribution is 7.92. The Hall–Kier alpha value is -2.78. The number of fused-ring (bicyclic) bond motifs is 1. The number of oxazole rings is 1. The first-order valence-corrected chi connectivity index (χ1v) is 9.09. The number of aromatic nitrogens is 1. The molecular weight excluding hydrogens is 384 g/mol. The van der Waals surface area contributed by atoms with E-state index < -0.39 is 21.7 Å². The summed E-state index contributed by atoms with van der Waals surface area (Å²) in [5.74, 6) is -1.29. The number of halogens is 1. The Morgan fingerprint density at radius 2 is 1.96 bits per heavy atom. The first-order valence-electron chi connectivity index (χ1n) is 7.23. The van der Waals surface area contributed by atoms with Crippen LogP contribution in [0, 0.1) is 0 Å². The van der Waals surface area contributed by atoms with Gasteiger partial charge in [0.2, 0.25) is 0 Å². The SMILES string of the molecule is COC(=O)c1cc(NS(=O)(=O)c2ccc3c(c2)oc(=O)n3C)ccc1Cl. The number of ether oxygens (including phenoxy) is 1. The number of nitrogens with one attached hydrogen (secondary N) is 1. The van der Waals surface area contributed by atoms with Crippen LogP contribution in [0.2, 0.25) is 5.02 Å². The van der Waals surface area contributed by atoms with Crippen LogP contribution in [0.3, 0.4) is 0 Å². The van der Waals surface area contributed by atoms with E-state index in [2.05, 4.69) is 9.46 Å². The summed E-state index contributed by atoms with van der Waals surface area (Å²) in [7, 11) is -1.28. The number of sulfonamides is 1. The number of methoxy groups -OCH3 is 1. The van der Waals surface area contributed by atoms with Crippen molar-refractivity contribution in [2.75, 3.05) is 11.8 Å². The van der Waals surface area contributed by atoms with Gasteiger partial charge in [0.05, 0.1) is 28.1 Å². The van der Waals surface area contributed by atoms with Crippen LogP contribution in [0.1, 0.15) is 10.4 Å². The monoisotopic (exact) mass is 396 g/mol. The number of carbonyl (C=O) groups is 1. The Balaban J connectivity index is 1.99. The number of aryl methyl sites for hydroxylation is 1. The average molecular weight is 397 g/mol. The van der Waals surface area contributed by atoms with Crippen molar-refractivity contribution in [3.05, 3.63) is 57.5 Å². The van der Waals surface area contributed by atoms with Gasteiger partial charge in [0.1, 0.15) is 0 Å². The summed E-state index contributed by atoms with van der Waals surface area (Å²) < 4.78 is 38.4. The zero-order chi connectivity index (χ0) is 19.1. The number of hydrogen-bond acceptors (Lipinski definition) is 6. The minimum absolute atomic E-state index is 0.0267. The molecule has 0 aliphatic heterocycles. The van der Waals surface area contributed by atoms with Gasteiger partial charge in [-0.2, -0.15) is 0 Å². The standard InChI is InChI=1S/C16H13ClN2O6S/c1-19-13-6-4-10(8-14(13)25-16(19)21)26(22,23)18-9-3-5-12(17)11(7-9)15(20)24-2/h3-8,18H,1-2H3. The van der Waals surface area contributed by atoms with E-state index in [4.69, 9.17) is 16.0 Å². The van der Waals surface area contributed by atoms with Gasteiger partial charge in [-0.25, -0.2) is 18.0 Å². The quantitative estimate of drug-likeness (QED) is 0.678. The van der Waals surface area contributed by atoms with E-state index in [9.17, 15) is 18.0 Å². The molecule has 0 radical (unpaired) electrons. The molecule has 0 saturated carbocycles. The number of rotatable bonds is 4. The van der Waals surface area contributed by atoms with E-state index in [1.165, 1.54) is 55.1 Å². The zero-order valence-corrected chi connectivity index (χ0v) is 15.2. The van der Waals surface area contributed by atoms with Crippen molar-refractivity contribution in [3.8, 4) is 0 Å². The third-order valence-electron chi connectivity index (χ3n) is 3.70. The number of anilines is 1. The summed E-state index contributed by atoms with van der Waals surface area (Å²) in [6, 6.07) is 8.12. The summed E-state index contributed by atoms with van der Waals surface area (Å²) in [4.78, 5) is 23.1. The lowest BCUT2D eigenvalue weighted by Crippen LogP contribution is -2.13. The molecular formula is C16H13ClN2O6S. The van der Waals surface area contributed by atoms with Gasteiger partial charge in [0.15, 0.2) is 5.58 Å². The maximum absolute atomic E-state index is 12.6. The molecule has 0 aliphatic carbocycles. The third kappa shape index (κ3) is 3.18. The summed E-state index contributed by atoms with van der Waals surface area (Å²) >= 11 is 5.92. The minimum atomic E-state index is -3.99. The lowest BCUT2D eigenvalue weighted by atomic mass is 10.2. The molecule has 0 aliphatic rings. The van der Waals surface area contributed by atoms with Gasteiger partial charge in [0, 0.05) is 18.8 Å². The first kappa shape index (κ1) is 18.0. The van der Waals surface area contributed by atoms with Crippen molar-refractivity contribution >= 4 is 44.4 Å². The molecule has 1 aromatic heterocycles. The number of benzene rings is 2. The van der Waals surface area contributed by atoms with E-state index in [-0.39, 0.29) is 26.8 Å². The summed E-state index contributed by atoms with van der Waals surface area (Å²) in [5, 5.41) is 0.132. The van der Waals surface area contributed by atoms with Crippen LogP contribution in [0.15, 0.2) is 50.5 Å². The third-order valence-corrected chi connectivity index (χ3v) is 5.41. The molecule has 26 heavy (non-hydrogen) atoms. The normalized spacial score (nSPS) is 11.5. The molecule has 3 rings (SSSR count). The Labute approximate surface area is 153 Å². The van der Waals surface area contributed by atoms with Crippen LogP contribution in [0.5, 0.6) is 0 Å². The van der Waals surface area contributed by atoms with Crippen molar-refractivity contribution < 1.29 is 22.4 Å². The Kier molecular flexibility index (Phi) is 4.51. The molecule has 0 unspecified atom stereocenters. The van der Waals surface area contributed by atoms with Crippen molar-refractivity contribution in [3.63, 3.8) is 0 Å². The molecule has 8 nitrogen and oxygen atoms in total. The van der Waals surface area contributed by atoms with Crippen molar-refractivity contribution in [1.29, 1.82) is 0 Å². The minimum Gasteiger partial charge on any atom is -0.465 e. The Bertz CT molecular complexity index is 1180. The molecule has 2 aromatic carbocycles. The smallest absolute Gasteiger partial charge is 0.419 e. The Morgan fingerprint density at radius 3 is 2.65 bits per heavy atom. The fourth-order valence-electron chi connectivity index (χ4n) is 2.35. The average Bonchev–Trinajstić information content (AvgIpc) is 2.89. The molecule has 3 aromatic rings. The second kappa shape index (κ2) is 6.50. The molecule has 1 N–H and O–H groups in total. The number of nitrogens with zero attached hydrogens (tertiary/aromatic N) is 1. The van der Waals surface area contributed by atoms with Gasteiger partial charge in [-0.05, 0) is 30.3 Å². The van der Waals surface area contributed by atoms with Crippen LogP contribution >= 0.6 is 11.6 Å². The molecule has 0 amide bonds. The van der Waals surface area contributed by atoms with Crippen LogP contribution in [-0.2, 0) is 21.8 Å². The molecule has 10 heteroatoms. The first-order chi connectivity index (χ1) is 12.2. The second-order valence-electron chi connectivity index (χ2n) is 5.35. The molecule has 136 valence electrons. The fraction of sp³-hybridized carbons (Fsp3) is 0.125. The van der Waals surface area contributed by atoms with Crippen molar-refractivity contribution in [2.45, 2.75) is 4.90 Å². The molecule has 0 saturated heterocycles. The van der Waals surface area contributed by atoms with E-state index in [1.54, 1.807) is 0 Å². The number of esters is 1. The lowest BCUT2D eigenvalue weighted by molar-refractivity contribution is 0.0601. The van der Waals surface area contributed by atoms with Crippen molar-refractivity contribution in [2.24, 2.45) is 7.05 Å². The highest BCUT2D eigenvalue weighted by Gasteiger charge is 2.19. The number of hydrogen-bond donors (Lipinski definition) is 1. The van der Waals surface area contributed by atoms with Crippen LogP contribution in [-0.4, -0.2) is 26.1 Å². The summed E-state index contributed by atoms with van der Waals surface area (Å²) in [6.07, 6.45) is 0. The van der Waals surface area contributed by atoms with E-state index in [0.717, 1.165) is 0 Å². The van der Waals surface area contributed by atoms with E-state index in [1.807, 2.05) is 0 Å². The zero-order valence-electron chi connectivity index (χ0n) is 13.6. The highest BCUT2D eigenvalue weighted by Crippen LogP contribution is 2.25. The van der Waals surface area contributed by atoms with Gasteiger partial charge in [-0.15, -0.1) is 0 Å². The predicted molar refractivity (Wildman–Crippen MR) is 95.1 cm³/mol. The highest BCUT2D eigenvalue weighted by atomic mass is 35.5. The topological polar surface area (TPSA) is 108 Å². The molecule has 1 heterocycles. The lowest BCUT2D eigenvalue weighted by Gasteiger charge is -2.10. The van der Waals surface area contributed by atoms with E-state index in [0.29, 0.717) is 5.52 Å². The summed E-state index contributed by atoms with van der Waals surface area (Å²) in [6.45, 7) is 0. The van der Waals surface area contributed by atoms with Crippen LogP contribution in [0.4, 0.5) is 5.69 Å². The van der Waals surface area contributed by atoms with E-state index >= 15 is 0 Å². The maximum Gasteiger partial charge on any atom is 0.419 e. The maximum atomic E-state index is 12.6. The number of carbonyl (C=O) groups excluding carboxylic acids is 1. The Morgan fingerprint density at radius 1 is 1.23 bits per heavy atom. The molecule has 0 spiro atoms. The molecule has 0 atom stereocenters. The molecule has 0 bridgehead atoms. The van der Waals surface area contributed by atoms with Gasteiger partial charge in [-0.3, -0.25) is 9.29 Å². The second-order valence-corrected chi connectivity index (χ2v) is 7.44. The largest absolute Gasteiger partial charge is 0.465 e. The summed E-state index contributed by atoms with van der Waals surface area (Å²) in [5.41, 5.74) is 0.767. The van der Waals surface area contributed by atoms with Crippen LogP contribution < -0.4 is 10.5 Å². The van der Waals surface area contributed by atoms with Gasteiger partial charge < -0.3 is 9.15 Å². The van der Waals surface area contributed by atoms with Gasteiger partial charge in [0.25, 0.3) is 10.0 Å². The molecule has 0 fully saturated rings. The van der Waals surface area contributed by atoms with Gasteiger partial charge >= 0.3 is 11.7 Å². The van der Waals surface area contributed by atoms with Crippen LogP contribution in [0.25, 0.3) is 11.1 Å². The van der Waals surface area contributed by atoms with Gasteiger partial charge in [-0.1, -0.05) is 11.6 Å².